The zero-order valence-corrected chi connectivity index (χ0v) is 14.2. The molecule has 2 heterocycles. The SMILES string of the molecule is O=C(Nc1ccc(Nc2ccc3c(c2)OCCO3)cn1)c1cccc(F)c1. The van der Waals surface area contributed by atoms with Crippen LogP contribution in [0.4, 0.5) is 21.6 Å². The number of anilines is 3. The Labute approximate surface area is 155 Å². The van der Waals surface area contributed by atoms with Crippen LogP contribution in [0.25, 0.3) is 0 Å². The molecule has 1 amide bonds. The maximum atomic E-state index is 13.2. The van der Waals surface area contributed by atoms with Crippen LogP contribution >= 0.6 is 0 Å². The fourth-order valence-corrected chi connectivity index (χ4v) is 2.65. The molecule has 2 N–H and O–H groups in total. The van der Waals surface area contributed by atoms with Gasteiger partial charge in [-0.3, -0.25) is 4.79 Å². The molecule has 1 aromatic heterocycles. The second-order valence-corrected chi connectivity index (χ2v) is 5.88. The van der Waals surface area contributed by atoms with Crippen molar-refractivity contribution in [2.75, 3.05) is 23.8 Å². The van der Waals surface area contributed by atoms with E-state index in [0.717, 1.165) is 17.1 Å². The molecule has 0 unspecified atom stereocenters. The fraction of sp³-hybridized carbons (Fsp3) is 0.100. The Hall–Kier alpha value is -3.61. The molecule has 7 heteroatoms. The fourth-order valence-electron chi connectivity index (χ4n) is 2.65. The average molecular weight is 365 g/mol. The summed E-state index contributed by atoms with van der Waals surface area (Å²) in [6.07, 6.45) is 1.60. The van der Waals surface area contributed by atoms with E-state index >= 15 is 0 Å². The first kappa shape index (κ1) is 16.8. The Morgan fingerprint density at radius 2 is 1.78 bits per heavy atom. The van der Waals surface area contributed by atoms with Crippen LogP contribution in [0.1, 0.15) is 10.4 Å². The largest absolute Gasteiger partial charge is 0.486 e. The van der Waals surface area contributed by atoms with Gasteiger partial charge >= 0.3 is 0 Å². The van der Waals surface area contributed by atoms with Gasteiger partial charge in [0.2, 0.25) is 0 Å². The summed E-state index contributed by atoms with van der Waals surface area (Å²) in [5.41, 5.74) is 1.81. The highest BCUT2D eigenvalue weighted by molar-refractivity contribution is 6.03. The smallest absolute Gasteiger partial charge is 0.256 e. The molecule has 0 spiro atoms. The number of amides is 1. The van der Waals surface area contributed by atoms with Crippen molar-refractivity contribution in [1.29, 1.82) is 0 Å². The second-order valence-electron chi connectivity index (χ2n) is 5.88. The van der Waals surface area contributed by atoms with Crippen LogP contribution in [0.5, 0.6) is 11.5 Å². The number of pyridine rings is 1. The van der Waals surface area contributed by atoms with Crippen molar-refractivity contribution in [1.82, 2.24) is 4.98 Å². The minimum Gasteiger partial charge on any atom is -0.486 e. The van der Waals surface area contributed by atoms with Gasteiger partial charge in [-0.05, 0) is 42.5 Å². The van der Waals surface area contributed by atoms with E-state index in [4.69, 9.17) is 9.47 Å². The number of nitrogens with one attached hydrogen (secondary N) is 2. The highest BCUT2D eigenvalue weighted by Crippen LogP contribution is 2.33. The topological polar surface area (TPSA) is 72.5 Å². The van der Waals surface area contributed by atoms with Crippen molar-refractivity contribution in [3.05, 3.63) is 72.2 Å². The van der Waals surface area contributed by atoms with E-state index in [1.165, 1.54) is 24.3 Å². The van der Waals surface area contributed by atoms with Crippen LogP contribution in [0, 0.1) is 5.82 Å². The molecule has 0 aliphatic carbocycles. The molecule has 1 aliphatic rings. The van der Waals surface area contributed by atoms with Crippen molar-refractivity contribution in [2.24, 2.45) is 0 Å². The van der Waals surface area contributed by atoms with Crippen LogP contribution in [0.15, 0.2) is 60.8 Å². The van der Waals surface area contributed by atoms with Crippen LogP contribution in [0.3, 0.4) is 0 Å². The third-order valence-electron chi connectivity index (χ3n) is 3.92. The molecule has 4 rings (SSSR count). The lowest BCUT2D eigenvalue weighted by Crippen LogP contribution is -2.15. The number of benzene rings is 2. The Balaban J connectivity index is 1.42. The number of carbonyl (C=O) groups excluding carboxylic acids is 1. The molecule has 136 valence electrons. The summed E-state index contributed by atoms with van der Waals surface area (Å²) in [7, 11) is 0. The maximum absolute atomic E-state index is 13.2. The Morgan fingerprint density at radius 1 is 0.963 bits per heavy atom. The number of nitrogens with zero attached hydrogens (tertiary/aromatic N) is 1. The molecule has 27 heavy (non-hydrogen) atoms. The first-order valence-electron chi connectivity index (χ1n) is 8.37. The van der Waals surface area contributed by atoms with Crippen molar-refractivity contribution < 1.29 is 18.7 Å². The zero-order chi connectivity index (χ0) is 18.6. The number of ether oxygens (including phenoxy) is 2. The van der Waals surface area contributed by atoms with E-state index in [1.54, 1.807) is 18.3 Å². The number of fused-ring (bicyclic) bond motifs is 1. The van der Waals surface area contributed by atoms with E-state index in [0.29, 0.717) is 24.8 Å². The van der Waals surface area contributed by atoms with Crippen molar-refractivity contribution in [3.8, 4) is 11.5 Å². The molecule has 1 aliphatic heterocycles. The lowest BCUT2D eigenvalue weighted by molar-refractivity contribution is 0.102. The van der Waals surface area contributed by atoms with Gasteiger partial charge < -0.3 is 20.1 Å². The van der Waals surface area contributed by atoms with Crippen LogP contribution in [0.2, 0.25) is 0 Å². The van der Waals surface area contributed by atoms with Crippen molar-refractivity contribution in [2.45, 2.75) is 0 Å². The van der Waals surface area contributed by atoms with Crippen LogP contribution in [-0.4, -0.2) is 24.1 Å². The summed E-state index contributed by atoms with van der Waals surface area (Å²) >= 11 is 0. The van der Waals surface area contributed by atoms with E-state index < -0.39 is 11.7 Å². The summed E-state index contributed by atoms with van der Waals surface area (Å²) in [4.78, 5) is 16.3. The first-order valence-corrected chi connectivity index (χ1v) is 8.37. The molecule has 2 aromatic carbocycles. The minimum atomic E-state index is -0.463. The normalized spacial score (nSPS) is 12.3. The third-order valence-corrected chi connectivity index (χ3v) is 3.92. The van der Waals surface area contributed by atoms with Gasteiger partial charge in [0.25, 0.3) is 5.91 Å². The molecule has 0 atom stereocenters. The Morgan fingerprint density at radius 3 is 2.56 bits per heavy atom. The predicted octanol–water partition coefficient (Wildman–Crippen LogP) is 3.99. The van der Waals surface area contributed by atoms with Crippen LogP contribution < -0.4 is 20.1 Å². The lowest BCUT2D eigenvalue weighted by atomic mass is 10.2. The number of rotatable bonds is 4. The van der Waals surface area contributed by atoms with Gasteiger partial charge in [0.15, 0.2) is 11.5 Å². The van der Waals surface area contributed by atoms with E-state index in [1.807, 2.05) is 18.2 Å². The van der Waals surface area contributed by atoms with Gasteiger partial charge in [-0.1, -0.05) is 6.07 Å². The highest BCUT2D eigenvalue weighted by atomic mass is 19.1. The lowest BCUT2D eigenvalue weighted by Gasteiger charge is -2.19. The molecular formula is C20H16FN3O3. The van der Waals surface area contributed by atoms with Crippen LogP contribution in [-0.2, 0) is 0 Å². The van der Waals surface area contributed by atoms with Gasteiger partial charge in [0.05, 0.1) is 11.9 Å². The molecule has 0 saturated heterocycles. The molecule has 3 aromatic rings. The highest BCUT2D eigenvalue weighted by Gasteiger charge is 2.12. The Kier molecular flexibility index (Phi) is 4.57. The molecule has 0 fully saturated rings. The summed E-state index contributed by atoms with van der Waals surface area (Å²) in [6.45, 7) is 1.07. The maximum Gasteiger partial charge on any atom is 0.256 e. The van der Waals surface area contributed by atoms with Gasteiger partial charge in [0, 0.05) is 17.3 Å². The van der Waals surface area contributed by atoms with Gasteiger partial charge in [-0.25, -0.2) is 9.37 Å². The summed E-state index contributed by atoms with van der Waals surface area (Å²) in [6, 6.07) is 14.5. The predicted molar refractivity (Wildman–Crippen MR) is 99.3 cm³/mol. The first-order chi connectivity index (χ1) is 13.2. The van der Waals surface area contributed by atoms with Gasteiger partial charge in [-0.2, -0.15) is 0 Å². The number of hydrogen-bond donors (Lipinski definition) is 2. The van der Waals surface area contributed by atoms with E-state index in [9.17, 15) is 9.18 Å². The summed E-state index contributed by atoms with van der Waals surface area (Å²) in [5, 5.41) is 5.85. The molecule has 6 nitrogen and oxygen atoms in total. The standard InChI is InChI=1S/C20H16FN3O3/c21-14-3-1-2-13(10-14)20(25)24-19-7-5-16(12-22-19)23-15-4-6-17-18(11-15)27-9-8-26-17/h1-7,10-12,23H,8-9H2,(H,22,24,25). The minimum absolute atomic E-state index is 0.232. The van der Waals surface area contributed by atoms with Gasteiger partial charge in [-0.15, -0.1) is 0 Å². The monoisotopic (exact) mass is 365 g/mol. The van der Waals surface area contributed by atoms with Gasteiger partial charge in [0.1, 0.15) is 24.8 Å². The quantitative estimate of drug-likeness (QED) is 0.731. The number of carbonyl (C=O) groups is 1. The Bertz CT molecular complexity index is 976. The number of aromatic nitrogens is 1. The van der Waals surface area contributed by atoms with Crippen molar-refractivity contribution >= 4 is 23.1 Å². The second kappa shape index (κ2) is 7.33. The zero-order valence-electron chi connectivity index (χ0n) is 14.2. The molecule has 0 saturated carbocycles. The summed E-state index contributed by atoms with van der Waals surface area (Å²) in [5.74, 6) is 0.902. The van der Waals surface area contributed by atoms with E-state index in [-0.39, 0.29) is 5.56 Å². The summed E-state index contributed by atoms with van der Waals surface area (Å²) < 4.78 is 24.3. The molecular weight excluding hydrogens is 349 g/mol. The molecule has 0 bridgehead atoms. The number of halogens is 1. The molecule has 0 radical (unpaired) electrons. The number of hydrogen-bond acceptors (Lipinski definition) is 5. The van der Waals surface area contributed by atoms with Crippen molar-refractivity contribution in [3.63, 3.8) is 0 Å². The third kappa shape index (κ3) is 3.98. The average Bonchev–Trinajstić information content (AvgIpc) is 2.69. The van der Waals surface area contributed by atoms with E-state index in [2.05, 4.69) is 15.6 Å².